The number of rotatable bonds is 8. The molecule has 2 N–H and O–H groups in total. The molecule has 1 aromatic heterocycles. The Kier molecular flexibility index (Phi) is 5.80. The first kappa shape index (κ1) is 15.2. The van der Waals surface area contributed by atoms with Crippen LogP contribution in [0.15, 0.2) is 17.2 Å². The lowest BCUT2D eigenvalue weighted by atomic mass is 10.4. The highest BCUT2D eigenvalue weighted by molar-refractivity contribution is 7.89. The van der Waals surface area contributed by atoms with E-state index in [4.69, 9.17) is 9.84 Å². The van der Waals surface area contributed by atoms with Crippen LogP contribution in [0.4, 0.5) is 0 Å². The van der Waals surface area contributed by atoms with Crippen LogP contribution in [0, 0.1) is 0 Å². The molecule has 1 rings (SSSR count). The minimum absolute atomic E-state index is 0.174. The monoisotopic (exact) mass is 276 g/mol. The molecule has 0 spiro atoms. The van der Waals surface area contributed by atoms with Crippen molar-refractivity contribution < 1.29 is 18.3 Å². The van der Waals surface area contributed by atoms with Gasteiger partial charge in [-0.25, -0.2) is 13.1 Å². The Morgan fingerprint density at radius 1 is 1.50 bits per heavy atom. The molecule has 0 aliphatic heterocycles. The highest BCUT2D eigenvalue weighted by Gasteiger charge is 2.17. The maximum Gasteiger partial charge on any atom is 0.242 e. The number of ether oxygens (including phenoxy) is 1. The number of nitrogens with zero attached hydrogens (tertiary/aromatic N) is 1. The van der Waals surface area contributed by atoms with E-state index in [1.807, 2.05) is 6.92 Å². The predicted octanol–water partition coefficient (Wildman–Crippen LogP) is 0.315. The molecule has 0 aliphatic rings. The highest BCUT2D eigenvalue weighted by Crippen LogP contribution is 2.14. The van der Waals surface area contributed by atoms with Gasteiger partial charge in [-0.3, -0.25) is 0 Å². The molecular weight excluding hydrogens is 256 g/mol. The normalized spacial score (nSPS) is 11.9. The van der Waals surface area contributed by atoms with Crippen LogP contribution < -0.4 is 4.72 Å². The van der Waals surface area contributed by atoms with Crippen molar-refractivity contribution >= 4 is 10.0 Å². The summed E-state index contributed by atoms with van der Waals surface area (Å²) in [5.74, 6) is 0. The Labute approximate surface area is 108 Å². The molecule has 6 nitrogen and oxygen atoms in total. The molecular formula is C11H20N2O4S. The molecule has 104 valence electrons. The van der Waals surface area contributed by atoms with Gasteiger partial charge in [-0.2, -0.15) is 0 Å². The minimum Gasteiger partial charge on any atom is -0.390 e. The summed E-state index contributed by atoms with van der Waals surface area (Å²) in [6.07, 6.45) is 2.15. The second kappa shape index (κ2) is 6.89. The SMILES string of the molecule is CCn1cc(S(=O)(=O)NCCCOC)cc1CO. The van der Waals surface area contributed by atoms with Crippen LogP contribution in [0.3, 0.4) is 0 Å². The molecule has 0 radical (unpaired) electrons. The van der Waals surface area contributed by atoms with Crippen molar-refractivity contribution in [1.29, 1.82) is 0 Å². The number of nitrogens with one attached hydrogen (secondary N) is 1. The van der Waals surface area contributed by atoms with E-state index in [2.05, 4.69) is 4.72 Å². The van der Waals surface area contributed by atoms with Crippen LogP contribution in [-0.4, -0.2) is 38.4 Å². The summed E-state index contributed by atoms with van der Waals surface area (Å²) >= 11 is 0. The zero-order valence-corrected chi connectivity index (χ0v) is 11.5. The lowest BCUT2D eigenvalue weighted by Gasteiger charge is -2.04. The molecule has 1 aromatic rings. The summed E-state index contributed by atoms with van der Waals surface area (Å²) in [5.41, 5.74) is 0.592. The Bertz CT molecular complexity index is 446. The van der Waals surface area contributed by atoms with Gasteiger partial charge in [0.05, 0.1) is 11.5 Å². The molecule has 0 fully saturated rings. The van der Waals surface area contributed by atoms with Crippen molar-refractivity contribution in [3.05, 3.63) is 18.0 Å². The number of aryl methyl sites for hydroxylation is 1. The van der Waals surface area contributed by atoms with E-state index >= 15 is 0 Å². The van der Waals surface area contributed by atoms with Gasteiger partial charge in [-0.15, -0.1) is 0 Å². The fourth-order valence-electron chi connectivity index (χ4n) is 1.61. The summed E-state index contributed by atoms with van der Waals surface area (Å²) in [4.78, 5) is 0.186. The average molecular weight is 276 g/mol. The van der Waals surface area contributed by atoms with E-state index in [1.165, 1.54) is 12.3 Å². The number of aliphatic hydroxyl groups is 1. The summed E-state index contributed by atoms with van der Waals surface area (Å²) in [7, 11) is -1.93. The van der Waals surface area contributed by atoms with Gasteiger partial charge < -0.3 is 14.4 Å². The van der Waals surface area contributed by atoms with Gasteiger partial charge in [0.25, 0.3) is 0 Å². The second-order valence-electron chi connectivity index (χ2n) is 3.86. The van der Waals surface area contributed by atoms with Gasteiger partial charge in [0.1, 0.15) is 0 Å². The Morgan fingerprint density at radius 3 is 2.72 bits per heavy atom. The lowest BCUT2D eigenvalue weighted by molar-refractivity contribution is 0.196. The third kappa shape index (κ3) is 3.81. The Balaban J connectivity index is 2.75. The summed E-state index contributed by atoms with van der Waals surface area (Å²) in [5, 5.41) is 9.12. The molecule has 1 heterocycles. The molecule has 0 unspecified atom stereocenters. The highest BCUT2D eigenvalue weighted by atomic mass is 32.2. The fraction of sp³-hybridized carbons (Fsp3) is 0.636. The van der Waals surface area contributed by atoms with Crippen molar-refractivity contribution in [3.8, 4) is 0 Å². The smallest absolute Gasteiger partial charge is 0.242 e. The number of aromatic nitrogens is 1. The first-order valence-electron chi connectivity index (χ1n) is 5.83. The molecule has 0 saturated carbocycles. The van der Waals surface area contributed by atoms with Gasteiger partial charge in [-0.1, -0.05) is 0 Å². The van der Waals surface area contributed by atoms with Crippen molar-refractivity contribution in [2.45, 2.75) is 31.4 Å². The van der Waals surface area contributed by atoms with Gasteiger partial charge in [-0.05, 0) is 19.4 Å². The zero-order chi connectivity index (χ0) is 13.6. The topological polar surface area (TPSA) is 80.6 Å². The van der Waals surface area contributed by atoms with Crippen LogP contribution in [0.5, 0.6) is 0 Å². The molecule has 7 heteroatoms. The first-order chi connectivity index (χ1) is 8.55. The first-order valence-corrected chi connectivity index (χ1v) is 7.32. The zero-order valence-electron chi connectivity index (χ0n) is 10.7. The van der Waals surface area contributed by atoms with Crippen LogP contribution in [-0.2, 0) is 27.9 Å². The van der Waals surface area contributed by atoms with E-state index in [9.17, 15) is 8.42 Å². The van der Waals surface area contributed by atoms with Crippen molar-refractivity contribution in [2.75, 3.05) is 20.3 Å². The standard InChI is InChI=1S/C11H20N2O4S/c1-3-13-8-11(7-10(13)9-14)18(15,16)12-5-4-6-17-2/h7-8,12,14H,3-6,9H2,1-2H3. The largest absolute Gasteiger partial charge is 0.390 e. The minimum atomic E-state index is -3.50. The molecule has 0 aromatic carbocycles. The Hall–Kier alpha value is -0.890. The van der Waals surface area contributed by atoms with Gasteiger partial charge in [0.15, 0.2) is 0 Å². The molecule has 18 heavy (non-hydrogen) atoms. The summed E-state index contributed by atoms with van der Waals surface area (Å²) in [6, 6.07) is 1.49. The third-order valence-corrected chi connectivity index (χ3v) is 4.02. The van der Waals surface area contributed by atoms with Crippen molar-refractivity contribution in [3.63, 3.8) is 0 Å². The molecule has 0 bridgehead atoms. The predicted molar refractivity (Wildman–Crippen MR) is 67.7 cm³/mol. The molecule has 0 atom stereocenters. The maximum atomic E-state index is 11.9. The molecule has 0 aliphatic carbocycles. The van der Waals surface area contributed by atoms with E-state index < -0.39 is 10.0 Å². The summed E-state index contributed by atoms with van der Waals surface area (Å²) in [6.45, 7) is 3.19. The summed E-state index contributed by atoms with van der Waals surface area (Å²) < 4.78 is 32.9. The quantitative estimate of drug-likeness (QED) is 0.670. The average Bonchev–Trinajstić information content (AvgIpc) is 2.78. The van der Waals surface area contributed by atoms with Gasteiger partial charge >= 0.3 is 0 Å². The fourth-order valence-corrected chi connectivity index (χ4v) is 2.74. The van der Waals surface area contributed by atoms with Crippen LogP contribution >= 0.6 is 0 Å². The van der Waals surface area contributed by atoms with E-state index in [-0.39, 0.29) is 11.5 Å². The van der Waals surface area contributed by atoms with E-state index in [0.717, 1.165) is 0 Å². The maximum absolute atomic E-state index is 11.9. The molecule has 0 amide bonds. The Morgan fingerprint density at radius 2 is 2.22 bits per heavy atom. The third-order valence-electron chi connectivity index (χ3n) is 2.59. The van der Waals surface area contributed by atoms with Crippen molar-refractivity contribution in [1.82, 2.24) is 9.29 Å². The van der Waals surface area contributed by atoms with E-state index in [1.54, 1.807) is 11.7 Å². The van der Waals surface area contributed by atoms with Crippen LogP contribution in [0.2, 0.25) is 0 Å². The van der Waals surface area contributed by atoms with Crippen LogP contribution in [0.25, 0.3) is 0 Å². The number of hydrogen-bond donors (Lipinski definition) is 2. The number of aliphatic hydroxyl groups excluding tert-OH is 1. The lowest BCUT2D eigenvalue weighted by Crippen LogP contribution is -2.25. The number of methoxy groups -OCH3 is 1. The van der Waals surface area contributed by atoms with Gasteiger partial charge in [0.2, 0.25) is 10.0 Å². The molecule has 0 saturated heterocycles. The number of sulfonamides is 1. The second-order valence-corrected chi connectivity index (χ2v) is 5.62. The van der Waals surface area contributed by atoms with Crippen molar-refractivity contribution in [2.24, 2.45) is 0 Å². The van der Waals surface area contributed by atoms with Gasteiger partial charge in [0, 0.05) is 38.7 Å². The number of hydrogen-bond acceptors (Lipinski definition) is 4. The van der Waals surface area contributed by atoms with E-state index in [0.29, 0.717) is 31.8 Å². The van der Waals surface area contributed by atoms with Crippen LogP contribution in [0.1, 0.15) is 19.0 Å².